The van der Waals surface area contributed by atoms with Crippen LogP contribution in [0.2, 0.25) is 10.0 Å². The number of halogens is 2. The van der Waals surface area contributed by atoms with Crippen LogP contribution in [-0.4, -0.2) is 55.8 Å². The summed E-state index contributed by atoms with van der Waals surface area (Å²) in [5, 5.41) is 12.2. The predicted octanol–water partition coefficient (Wildman–Crippen LogP) is 3.84. The number of benzene rings is 3. The molecule has 1 aliphatic heterocycles. The van der Waals surface area contributed by atoms with E-state index in [0.29, 0.717) is 12.1 Å². The van der Waals surface area contributed by atoms with Crippen LogP contribution in [0.15, 0.2) is 77.7 Å². The second kappa shape index (κ2) is 11.1. The van der Waals surface area contributed by atoms with Crippen molar-refractivity contribution in [1.29, 1.82) is 0 Å². The van der Waals surface area contributed by atoms with Gasteiger partial charge in [-0.15, -0.1) is 0 Å². The van der Waals surface area contributed by atoms with Gasteiger partial charge in [-0.05, 0) is 23.3 Å². The molecule has 8 nitrogen and oxygen atoms in total. The molecule has 0 aliphatic carbocycles. The second-order valence-corrected chi connectivity index (χ2v) is 13.5. The number of nitrogens with one attached hydrogen (secondary N) is 1. The van der Waals surface area contributed by atoms with E-state index in [2.05, 4.69) is 5.32 Å². The number of rotatable bonds is 9. The van der Waals surface area contributed by atoms with Crippen LogP contribution in [0, 0.1) is 0 Å². The first-order valence-electron chi connectivity index (χ1n) is 11.2. The summed E-state index contributed by atoms with van der Waals surface area (Å²) in [5.41, 5.74) is 1.11. The van der Waals surface area contributed by atoms with Crippen LogP contribution < -0.4 is 5.32 Å². The third-order valence-corrected chi connectivity index (χ3v) is 10.5. The van der Waals surface area contributed by atoms with Gasteiger partial charge in [0.05, 0.1) is 33.2 Å². The highest BCUT2D eigenvalue weighted by Crippen LogP contribution is 2.34. The fraction of sp³-hybridized carbons (Fsp3) is 0.240. The SMILES string of the molecule is O=C(O)c1cc(S(=O)(=O)N(Cc2ccccc2)C2CS(=O)(=O)CC2NCc2ccccc2)c(Cl)cc1Cl. The maximum atomic E-state index is 14.0. The average molecular weight is 584 g/mol. The number of carboxylic acids is 1. The highest BCUT2D eigenvalue weighted by Gasteiger charge is 2.46. The van der Waals surface area contributed by atoms with E-state index in [1.807, 2.05) is 30.3 Å². The van der Waals surface area contributed by atoms with E-state index >= 15 is 0 Å². The van der Waals surface area contributed by atoms with E-state index in [-0.39, 0.29) is 22.3 Å². The summed E-state index contributed by atoms with van der Waals surface area (Å²) in [6.45, 7) is 0.190. The predicted molar refractivity (Wildman–Crippen MR) is 142 cm³/mol. The number of hydrogen-bond acceptors (Lipinski definition) is 6. The molecule has 1 saturated heterocycles. The van der Waals surface area contributed by atoms with Gasteiger partial charge in [-0.1, -0.05) is 83.9 Å². The minimum absolute atomic E-state index is 0.145. The molecule has 2 atom stereocenters. The van der Waals surface area contributed by atoms with Crippen molar-refractivity contribution < 1.29 is 26.7 Å². The van der Waals surface area contributed by atoms with Crippen LogP contribution in [0.4, 0.5) is 0 Å². The molecule has 12 heteroatoms. The summed E-state index contributed by atoms with van der Waals surface area (Å²) < 4.78 is 54.7. The number of carboxylic acid groups (broad SMARTS) is 1. The van der Waals surface area contributed by atoms with Crippen LogP contribution >= 0.6 is 23.2 Å². The average Bonchev–Trinajstić information content (AvgIpc) is 3.15. The lowest BCUT2D eigenvalue weighted by molar-refractivity contribution is 0.0696. The quantitative estimate of drug-likeness (QED) is 0.393. The van der Waals surface area contributed by atoms with Gasteiger partial charge in [-0.25, -0.2) is 21.6 Å². The molecule has 2 unspecified atom stereocenters. The lowest BCUT2D eigenvalue weighted by Crippen LogP contribution is -2.51. The van der Waals surface area contributed by atoms with E-state index < -0.39 is 54.1 Å². The zero-order valence-corrected chi connectivity index (χ0v) is 22.6. The largest absolute Gasteiger partial charge is 0.478 e. The Hall–Kier alpha value is -2.47. The Bertz CT molecular complexity index is 1500. The van der Waals surface area contributed by atoms with Gasteiger partial charge in [0, 0.05) is 19.1 Å². The molecule has 2 N–H and O–H groups in total. The highest BCUT2D eigenvalue weighted by molar-refractivity contribution is 7.92. The zero-order chi connectivity index (χ0) is 26.8. The summed E-state index contributed by atoms with van der Waals surface area (Å²) in [7, 11) is -8.06. The molecule has 1 fully saturated rings. The van der Waals surface area contributed by atoms with Crippen LogP contribution in [0.5, 0.6) is 0 Å². The van der Waals surface area contributed by atoms with Crippen molar-refractivity contribution in [1.82, 2.24) is 9.62 Å². The molecule has 0 aromatic heterocycles. The van der Waals surface area contributed by atoms with Crippen LogP contribution in [0.1, 0.15) is 21.5 Å². The van der Waals surface area contributed by atoms with Crippen molar-refractivity contribution in [2.45, 2.75) is 30.1 Å². The Morgan fingerprint density at radius 2 is 1.54 bits per heavy atom. The minimum atomic E-state index is -4.48. The number of aromatic carboxylic acids is 1. The Balaban J connectivity index is 1.78. The van der Waals surface area contributed by atoms with E-state index in [1.165, 1.54) is 0 Å². The second-order valence-electron chi connectivity index (χ2n) is 8.72. The first-order valence-corrected chi connectivity index (χ1v) is 15.3. The molecule has 0 bridgehead atoms. The van der Waals surface area contributed by atoms with Crippen molar-refractivity contribution in [3.63, 3.8) is 0 Å². The molecule has 0 spiro atoms. The Morgan fingerprint density at radius 1 is 0.946 bits per heavy atom. The summed E-state index contributed by atoms with van der Waals surface area (Å²) >= 11 is 12.2. The van der Waals surface area contributed by atoms with Crippen molar-refractivity contribution >= 4 is 49.0 Å². The lowest BCUT2D eigenvalue weighted by Gasteiger charge is -2.32. The van der Waals surface area contributed by atoms with Gasteiger partial charge in [-0.2, -0.15) is 4.31 Å². The van der Waals surface area contributed by atoms with Gasteiger partial charge in [0.1, 0.15) is 4.90 Å². The monoisotopic (exact) mass is 582 g/mol. The standard InChI is InChI=1S/C25H24Cl2N2O6S2/c26-20-12-21(27)24(11-19(20)25(30)31)37(34,35)29(14-18-9-5-2-6-10-18)23-16-36(32,33)15-22(23)28-13-17-7-3-1-4-8-17/h1-12,22-23,28H,13-16H2,(H,30,31). The molecule has 3 aromatic rings. The van der Waals surface area contributed by atoms with Crippen LogP contribution in [0.25, 0.3) is 0 Å². The molecular formula is C25H24Cl2N2O6S2. The molecule has 3 aromatic carbocycles. The van der Waals surface area contributed by atoms with Gasteiger partial charge in [0.25, 0.3) is 0 Å². The molecular weight excluding hydrogens is 559 g/mol. The van der Waals surface area contributed by atoms with Crippen molar-refractivity contribution in [3.8, 4) is 0 Å². The molecule has 196 valence electrons. The third kappa shape index (κ3) is 6.34. The van der Waals surface area contributed by atoms with E-state index in [9.17, 15) is 26.7 Å². The Kier molecular flexibility index (Phi) is 8.27. The number of sulfonamides is 1. The Morgan fingerprint density at radius 3 is 2.14 bits per heavy atom. The van der Waals surface area contributed by atoms with Gasteiger partial charge < -0.3 is 10.4 Å². The highest BCUT2D eigenvalue weighted by atomic mass is 35.5. The van der Waals surface area contributed by atoms with E-state index in [0.717, 1.165) is 22.0 Å². The molecule has 1 heterocycles. The maximum absolute atomic E-state index is 14.0. The fourth-order valence-corrected chi connectivity index (χ4v) is 8.84. The summed E-state index contributed by atoms with van der Waals surface area (Å²) in [4.78, 5) is 11.2. The smallest absolute Gasteiger partial charge is 0.337 e. The van der Waals surface area contributed by atoms with E-state index in [1.54, 1.807) is 30.3 Å². The Labute approximate surface area is 225 Å². The first kappa shape index (κ1) is 27.6. The number of nitrogens with zero attached hydrogens (tertiary/aromatic N) is 1. The number of sulfone groups is 1. The lowest BCUT2D eigenvalue weighted by atomic mass is 10.1. The maximum Gasteiger partial charge on any atom is 0.337 e. The molecule has 1 aliphatic rings. The molecule has 0 saturated carbocycles. The summed E-state index contributed by atoms with van der Waals surface area (Å²) in [6.07, 6.45) is 0. The van der Waals surface area contributed by atoms with Gasteiger partial charge in [0.15, 0.2) is 9.84 Å². The first-order chi connectivity index (χ1) is 17.5. The number of carbonyl (C=O) groups is 1. The topological polar surface area (TPSA) is 121 Å². The van der Waals surface area contributed by atoms with Gasteiger partial charge in [0.2, 0.25) is 10.0 Å². The molecule has 0 radical (unpaired) electrons. The summed E-state index contributed by atoms with van der Waals surface area (Å²) in [5.74, 6) is -2.07. The molecule has 37 heavy (non-hydrogen) atoms. The minimum Gasteiger partial charge on any atom is -0.478 e. The van der Waals surface area contributed by atoms with Crippen LogP contribution in [0.3, 0.4) is 0 Å². The molecule has 4 rings (SSSR count). The van der Waals surface area contributed by atoms with Crippen molar-refractivity contribution in [2.75, 3.05) is 11.5 Å². The van der Waals surface area contributed by atoms with Gasteiger partial charge >= 0.3 is 5.97 Å². The van der Waals surface area contributed by atoms with Crippen molar-refractivity contribution in [3.05, 3.63) is 99.5 Å². The van der Waals surface area contributed by atoms with Gasteiger partial charge in [-0.3, -0.25) is 0 Å². The fourth-order valence-electron chi connectivity index (χ4n) is 4.31. The third-order valence-electron chi connectivity index (χ3n) is 6.12. The number of hydrogen-bond donors (Lipinski definition) is 2. The molecule has 0 amide bonds. The normalized spacial score (nSPS) is 19.2. The van der Waals surface area contributed by atoms with E-state index in [4.69, 9.17) is 23.2 Å². The van der Waals surface area contributed by atoms with Crippen LogP contribution in [-0.2, 0) is 33.0 Å². The zero-order valence-electron chi connectivity index (χ0n) is 19.4. The summed E-state index contributed by atoms with van der Waals surface area (Å²) in [6, 6.07) is 18.3. The van der Waals surface area contributed by atoms with Crippen molar-refractivity contribution in [2.24, 2.45) is 0 Å².